The van der Waals surface area contributed by atoms with Crippen molar-refractivity contribution >= 4 is 29.5 Å². The minimum absolute atomic E-state index is 0.0130. The zero-order chi connectivity index (χ0) is 18.4. The maximum absolute atomic E-state index is 12.0. The van der Waals surface area contributed by atoms with Crippen molar-refractivity contribution in [1.29, 1.82) is 0 Å². The van der Waals surface area contributed by atoms with Crippen molar-refractivity contribution in [3.05, 3.63) is 29.8 Å². The molecule has 134 valence electrons. The Hall–Kier alpha value is -2.90. The molecule has 0 spiro atoms. The monoisotopic (exact) mass is 347 g/mol. The van der Waals surface area contributed by atoms with Crippen LogP contribution in [0.4, 0.5) is 10.5 Å². The molecule has 1 aromatic carbocycles. The molecule has 4 amide bonds. The second-order valence-electron chi connectivity index (χ2n) is 5.80. The van der Waals surface area contributed by atoms with E-state index in [4.69, 9.17) is 4.74 Å². The molecule has 1 aromatic rings. The van der Waals surface area contributed by atoms with Crippen molar-refractivity contribution in [3.63, 3.8) is 0 Å². The van der Waals surface area contributed by atoms with Crippen LogP contribution in [0.5, 0.6) is 0 Å². The summed E-state index contributed by atoms with van der Waals surface area (Å²) in [5.41, 5.74) is 1.63. The predicted molar refractivity (Wildman–Crippen MR) is 89.7 cm³/mol. The summed E-state index contributed by atoms with van der Waals surface area (Å²) >= 11 is 0. The normalized spacial score (nSPS) is 14.9. The number of anilines is 1. The number of nitrogens with zero attached hydrogens (tertiary/aromatic N) is 1. The number of hydrogen-bond donors (Lipinski definition) is 2. The van der Waals surface area contributed by atoms with Crippen LogP contribution in [-0.2, 0) is 19.1 Å². The van der Waals surface area contributed by atoms with E-state index in [1.54, 1.807) is 6.07 Å². The molecule has 2 rings (SSSR count). The van der Waals surface area contributed by atoms with Crippen LogP contribution < -0.4 is 10.6 Å². The lowest BCUT2D eigenvalue weighted by Gasteiger charge is -2.15. The fraction of sp³-hybridized carbons (Fsp3) is 0.412. The summed E-state index contributed by atoms with van der Waals surface area (Å²) in [5, 5.41) is 5.08. The molecule has 0 aliphatic carbocycles. The Kier molecular flexibility index (Phi) is 6.10. The van der Waals surface area contributed by atoms with Crippen LogP contribution in [0.25, 0.3) is 0 Å². The van der Waals surface area contributed by atoms with Gasteiger partial charge >= 0.3 is 12.0 Å². The van der Waals surface area contributed by atoms with E-state index in [2.05, 4.69) is 10.6 Å². The average Bonchev–Trinajstić information content (AvgIpc) is 2.86. The highest BCUT2D eigenvalue weighted by atomic mass is 16.5. The third-order valence-electron chi connectivity index (χ3n) is 3.66. The molecule has 0 saturated carbocycles. The molecule has 1 aliphatic heterocycles. The van der Waals surface area contributed by atoms with E-state index >= 15 is 0 Å². The Labute approximate surface area is 145 Å². The van der Waals surface area contributed by atoms with E-state index in [-0.39, 0.29) is 31.8 Å². The number of nitrogens with one attached hydrogen (secondary N) is 2. The highest BCUT2D eigenvalue weighted by Crippen LogP contribution is 2.11. The van der Waals surface area contributed by atoms with Gasteiger partial charge in [0.1, 0.15) is 0 Å². The van der Waals surface area contributed by atoms with Crippen LogP contribution in [-0.4, -0.2) is 47.9 Å². The first kappa shape index (κ1) is 18.4. The maximum atomic E-state index is 12.0. The van der Waals surface area contributed by atoms with Gasteiger partial charge in [0.05, 0.1) is 6.54 Å². The molecule has 1 atom stereocenters. The number of aryl methyl sites for hydroxylation is 1. The third kappa shape index (κ3) is 5.30. The number of rotatable bonds is 7. The van der Waals surface area contributed by atoms with Crippen molar-refractivity contribution in [3.8, 4) is 0 Å². The molecule has 0 bridgehead atoms. The SMILES string of the molecule is Cc1cccc(NC(=O)[C@H](C)OC(=O)CCCN2C(=O)CNC2=O)c1. The Balaban J connectivity index is 1.73. The van der Waals surface area contributed by atoms with Crippen LogP contribution in [0.15, 0.2) is 24.3 Å². The Morgan fingerprint density at radius 2 is 2.12 bits per heavy atom. The number of carbonyl (C=O) groups is 4. The number of benzene rings is 1. The van der Waals surface area contributed by atoms with E-state index in [1.165, 1.54) is 6.92 Å². The van der Waals surface area contributed by atoms with Gasteiger partial charge in [-0.2, -0.15) is 0 Å². The highest BCUT2D eigenvalue weighted by molar-refractivity contribution is 6.01. The van der Waals surface area contributed by atoms with Gasteiger partial charge in [0.2, 0.25) is 5.91 Å². The zero-order valence-corrected chi connectivity index (χ0v) is 14.2. The Morgan fingerprint density at radius 1 is 1.36 bits per heavy atom. The second-order valence-corrected chi connectivity index (χ2v) is 5.80. The lowest BCUT2D eigenvalue weighted by Crippen LogP contribution is -2.33. The van der Waals surface area contributed by atoms with Crippen LogP contribution in [0.1, 0.15) is 25.3 Å². The number of hydrogen-bond acceptors (Lipinski definition) is 5. The fourth-order valence-electron chi connectivity index (χ4n) is 2.34. The maximum Gasteiger partial charge on any atom is 0.324 e. The molecule has 8 heteroatoms. The molecule has 25 heavy (non-hydrogen) atoms. The third-order valence-corrected chi connectivity index (χ3v) is 3.66. The molecule has 2 N–H and O–H groups in total. The molecule has 8 nitrogen and oxygen atoms in total. The Morgan fingerprint density at radius 3 is 2.76 bits per heavy atom. The van der Waals surface area contributed by atoms with E-state index < -0.39 is 24.0 Å². The average molecular weight is 347 g/mol. The summed E-state index contributed by atoms with van der Waals surface area (Å²) in [6.45, 7) is 3.52. The summed E-state index contributed by atoms with van der Waals surface area (Å²) in [4.78, 5) is 47.6. The van der Waals surface area contributed by atoms with Gasteiger partial charge in [0, 0.05) is 18.7 Å². The topological polar surface area (TPSA) is 105 Å². The summed E-state index contributed by atoms with van der Waals surface area (Å²) in [5.74, 6) is -1.30. The molecular weight excluding hydrogens is 326 g/mol. The van der Waals surface area contributed by atoms with Gasteiger partial charge in [-0.15, -0.1) is 0 Å². The van der Waals surface area contributed by atoms with Crippen molar-refractivity contribution in [2.75, 3.05) is 18.4 Å². The summed E-state index contributed by atoms with van der Waals surface area (Å²) in [6, 6.07) is 6.83. The molecule has 0 unspecified atom stereocenters. The minimum atomic E-state index is -0.940. The molecule has 1 saturated heterocycles. The number of ether oxygens (including phenoxy) is 1. The minimum Gasteiger partial charge on any atom is -0.453 e. The zero-order valence-electron chi connectivity index (χ0n) is 14.2. The predicted octanol–water partition coefficient (Wildman–Crippen LogP) is 1.20. The molecule has 1 fully saturated rings. The van der Waals surface area contributed by atoms with E-state index in [0.29, 0.717) is 5.69 Å². The van der Waals surface area contributed by atoms with Crippen LogP contribution in [0.2, 0.25) is 0 Å². The van der Waals surface area contributed by atoms with Gasteiger partial charge in [-0.3, -0.25) is 19.3 Å². The van der Waals surface area contributed by atoms with Gasteiger partial charge in [0.25, 0.3) is 5.91 Å². The highest BCUT2D eigenvalue weighted by Gasteiger charge is 2.28. The largest absolute Gasteiger partial charge is 0.453 e. The van der Waals surface area contributed by atoms with Gasteiger partial charge in [-0.25, -0.2) is 4.79 Å². The molecule has 0 radical (unpaired) electrons. The number of urea groups is 1. The molecular formula is C17H21N3O5. The van der Waals surface area contributed by atoms with Crippen molar-refractivity contribution in [2.45, 2.75) is 32.8 Å². The van der Waals surface area contributed by atoms with E-state index in [9.17, 15) is 19.2 Å². The van der Waals surface area contributed by atoms with E-state index in [1.807, 2.05) is 25.1 Å². The molecule has 0 aromatic heterocycles. The number of carbonyl (C=O) groups excluding carboxylic acids is 4. The number of amides is 4. The van der Waals surface area contributed by atoms with Crippen LogP contribution >= 0.6 is 0 Å². The molecule has 1 aliphatic rings. The number of esters is 1. The summed E-state index contributed by atoms with van der Waals surface area (Å²) in [7, 11) is 0. The van der Waals surface area contributed by atoms with Gasteiger partial charge in [0.15, 0.2) is 6.10 Å². The fourth-order valence-corrected chi connectivity index (χ4v) is 2.34. The summed E-state index contributed by atoms with van der Waals surface area (Å²) in [6.07, 6.45) is -0.645. The quantitative estimate of drug-likeness (QED) is 0.569. The Bertz CT molecular complexity index is 673. The first-order valence-corrected chi connectivity index (χ1v) is 8.02. The smallest absolute Gasteiger partial charge is 0.324 e. The first-order chi connectivity index (χ1) is 11.9. The molecule has 1 heterocycles. The summed E-state index contributed by atoms with van der Waals surface area (Å²) < 4.78 is 5.08. The number of imide groups is 1. The van der Waals surface area contributed by atoms with Crippen molar-refractivity contribution < 1.29 is 23.9 Å². The van der Waals surface area contributed by atoms with Crippen molar-refractivity contribution in [1.82, 2.24) is 10.2 Å². The van der Waals surface area contributed by atoms with Crippen LogP contribution in [0.3, 0.4) is 0 Å². The first-order valence-electron chi connectivity index (χ1n) is 8.02. The second kappa shape index (κ2) is 8.27. The van der Waals surface area contributed by atoms with Crippen LogP contribution in [0, 0.1) is 6.92 Å². The standard InChI is InChI=1S/C17H21N3O5/c1-11-5-3-6-13(9-11)19-16(23)12(2)25-15(22)7-4-8-20-14(21)10-18-17(20)24/h3,5-6,9,12H,4,7-8,10H2,1-2H3,(H,18,24)(H,19,23)/t12-/m0/s1. The van der Waals surface area contributed by atoms with E-state index in [0.717, 1.165) is 10.5 Å². The lowest BCUT2D eigenvalue weighted by molar-refractivity contribution is -0.153. The van der Waals surface area contributed by atoms with Gasteiger partial charge in [-0.05, 0) is 38.0 Å². The lowest BCUT2D eigenvalue weighted by atomic mass is 10.2. The van der Waals surface area contributed by atoms with Crippen molar-refractivity contribution in [2.24, 2.45) is 0 Å². The van der Waals surface area contributed by atoms with Gasteiger partial charge < -0.3 is 15.4 Å². The van der Waals surface area contributed by atoms with Gasteiger partial charge in [-0.1, -0.05) is 12.1 Å².